The molecule has 1 aromatic rings. The van der Waals surface area contributed by atoms with Crippen LogP contribution in [0.4, 0.5) is 5.69 Å². The maximum absolute atomic E-state index is 14.3. The van der Waals surface area contributed by atoms with Crippen LogP contribution in [0.1, 0.15) is 33.6 Å². The largest absolute Gasteiger partial charge is 0.497 e. The van der Waals surface area contributed by atoms with E-state index in [-0.39, 0.29) is 31.6 Å². The number of aliphatic hydroxyl groups excluding tert-OH is 1. The van der Waals surface area contributed by atoms with Crippen molar-refractivity contribution in [1.29, 1.82) is 0 Å². The molecular formula is C26H34N2O7. The number of hydrogen-bond donors (Lipinski definition) is 1. The summed E-state index contributed by atoms with van der Waals surface area (Å²) in [5, 5.41) is 9.99. The van der Waals surface area contributed by atoms with Crippen LogP contribution in [0, 0.1) is 11.8 Å². The Hall–Kier alpha value is -2.91. The molecule has 3 fully saturated rings. The second-order valence-electron chi connectivity index (χ2n) is 9.69. The number of aliphatic hydroxyl groups is 1. The number of ether oxygens (including phenoxy) is 3. The summed E-state index contributed by atoms with van der Waals surface area (Å²) in [5.41, 5.74) is -1.47. The maximum Gasteiger partial charge on any atom is 0.312 e. The van der Waals surface area contributed by atoms with Crippen molar-refractivity contribution < 1.29 is 33.7 Å². The Morgan fingerprint density at radius 3 is 2.60 bits per heavy atom. The van der Waals surface area contributed by atoms with E-state index in [4.69, 9.17) is 14.2 Å². The first-order chi connectivity index (χ1) is 16.7. The fourth-order valence-corrected chi connectivity index (χ4v) is 6.16. The van der Waals surface area contributed by atoms with Crippen molar-refractivity contribution in [3.05, 3.63) is 36.9 Å². The number of rotatable bonds is 9. The first kappa shape index (κ1) is 25.2. The average Bonchev–Trinajstić information content (AvgIpc) is 3.42. The van der Waals surface area contributed by atoms with Crippen molar-refractivity contribution >= 4 is 23.5 Å². The number of carbonyl (C=O) groups is 3. The van der Waals surface area contributed by atoms with Gasteiger partial charge in [0.05, 0.1) is 37.9 Å². The van der Waals surface area contributed by atoms with Gasteiger partial charge >= 0.3 is 5.97 Å². The van der Waals surface area contributed by atoms with E-state index < -0.39 is 41.1 Å². The highest BCUT2D eigenvalue weighted by molar-refractivity contribution is 6.05. The lowest BCUT2D eigenvalue weighted by atomic mass is 9.66. The molecule has 3 saturated heterocycles. The van der Waals surface area contributed by atoms with Crippen LogP contribution in [0.5, 0.6) is 5.75 Å². The lowest BCUT2D eigenvalue weighted by Gasteiger charge is -2.38. The van der Waals surface area contributed by atoms with Gasteiger partial charge in [-0.3, -0.25) is 14.4 Å². The van der Waals surface area contributed by atoms with Crippen molar-refractivity contribution in [3.63, 3.8) is 0 Å². The van der Waals surface area contributed by atoms with Crippen molar-refractivity contribution in [2.24, 2.45) is 11.8 Å². The van der Waals surface area contributed by atoms with Crippen molar-refractivity contribution in [3.8, 4) is 5.75 Å². The van der Waals surface area contributed by atoms with E-state index in [9.17, 15) is 19.5 Å². The number of carbonyl (C=O) groups excluding carboxylic acids is 3. The highest BCUT2D eigenvalue weighted by atomic mass is 16.6. The van der Waals surface area contributed by atoms with Gasteiger partial charge in [0.25, 0.3) is 5.91 Å². The van der Waals surface area contributed by atoms with E-state index >= 15 is 0 Å². The molecule has 35 heavy (non-hydrogen) atoms. The molecule has 6 atom stereocenters. The van der Waals surface area contributed by atoms with Gasteiger partial charge < -0.3 is 29.1 Å². The molecule has 4 rings (SSSR count). The summed E-state index contributed by atoms with van der Waals surface area (Å²) in [7, 11) is 1.56. The second-order valence-corrected chi connectivity index (χ2v) is 9.69. The van der Waals surface area contributed by atoms with Gasteiger partial charge in [0.2, 0.25) is 5.91 Å². The molecule has 0 aromatic heterocycles. The van der Waals surface area contributed by atoms with E-state index in [0.717, 1.165) is 0 Å². The Bertz CT molecular complexity index is 1010. The van der Waals surface area contributed by atoms with Gasteiger partial charge in [-0.2, -0.15) is 0 Å². The summed E-state index contributed by atoms with van der Waals surface area (Å²) in [6.07, 6.45) is 2.59. The van der Waals surface area contributed by atoms with Crippen LogP contribution in [0.25, 0.3) is 0 Å². The Kier molecular flexibility index (Phi) is 6.68. The minimum Gasteiger partial charge on any atom is -0.497 e. The van der Waals surface area contributed by atoms with Crippen LogP contribution in [0.15, 0.2) is 36.9 Å². The Labute approximate surface area is 205 Å². The van der Waals surface area contributed by atoms with Crippen molar-refractivity contribution in [2.45, 2.75) is 56.9 Å². The van der Waals surface area contributed by atoms with E-state index in [1.165, 1.54) is 4.90 Å². The molecule has 0 saturated carbocycles. The molecule has 0 aliphatic carbocycles. The quantitative estimate of drug-likeness (QED) is 0.420. The topological polar surface area (TPSA) is 106 Å². The molecule has 9 heteroatoms. The van der Waals surface area contributed by atoms with Crippen LogP contribution in [-0.2, 0) is 23.9 Å². The fraction of sp³-hybridized carbons (Fsp3) is 0.577. The molecule has 1 N–H and O–H groups in total. The van der Waals surface area contributed by atoms with Crippen LogP contribution in [0.2, 0.25) is 0 Å². The van der Waals surface area contributed by atoms with Gasteiger partial charge in [-0.1, -0.05) is 6.08 Å². The van der Waals surface area contributed by atoms with E-state index in [2.05, 4.69) is 6.58 Å². The van der Waals surface area contributed by atoms with E-state index in [1.54, 1.807) is 56.2 Å². The zero-order chi connectivity index (χ0) is 25.5. The van der Waals surface area contributed by atoms with Gasteiger partial charge in [0.1, 0.15) is 23.3 Å². The normalized spacial score (nSPS) is 31.7. The summed E-state index contributed by atoms with van der Waals surface area (Å²) in [4.78, 5) is 44.1. The minimum atomic E-state index is -1.18. The summed E-state index contributed by atoms with van der Waals surface area (Å²) in [6, 6.07) is 5.39. The van der Waals surface area contributed by atoms with E-state index in [1.807, 2.05) is 6.92 Å². The second kappa shape index (κ2) is 9.28. The number of nitrogens with zero attached hydrogens (tertiary/aromatic N) is 2. The molecule has 2 unspecified atom stereocenters. The molecule has 1 aromatic carbocycles. The minimum absolute atomic E-state index is 0.184. The van der Waals surface area contributed by atoms with Gasteiger partial charge in [-0.25, -0.2) is 0 Å². The predicted molar refractivity (Wildman–Crippen MR) is 128 cm³/mol. The third kappa shape index (κ3) is 3.72. The molecule has 3 heterocycles. The lowest BCUT2D eigenvalue weighted by molar-refractivity contribution is -0.160. The van der Waals surface area contributed by atoms with Crippen LogP contribution in [-0.4, -0.2) is 77.9 Å². The molecule has 2 bridgehead atoms. The van der Waals surface area contributed by atoms with Crippen LogP contribution in [0.3, 0.4) is 0 Å². The predicted octanol–water partition coefficient (Wildman–Crippen LogP) is 1.92. The molecule has 9 nitrogen and oxygen atoms in total. The first-order valence-electron chi connectivity index (χ1n) is 12.0. The Morgan fingerprint density at radius 1 is 1.34 bits per heavy atom. The number of hydrogen-bond acceptors (Lipinski definition) is 7. The molecule has 0 radical (unpaired) electrons. The molecule has 2 amide bonds. The maximum atomic E-state index is 14.3. The van der Waals surface area contributed by atoms with Gasteiger partial charge in [-0.05, 0) is 57.9 Å². The van der Waals surface area contributed by atoms with Gasteiger partial charge in [-0.15, -0.1) is 6.58 Å². The SMILES string of the molecule is C=CCN(C(=O)C1N([C@H](C)CO)C(=O)[C@@H]2[C@H](C(=O)OCC)[C@]3(C)CCC12O3)c1ccc(OC)cc1. The highest BCUT2D eigenvalue weighted by Crippen LogP contribution is 2.63. The Morgan fingerprint density at radius 2 is 2.03 bits per heavy atom. The molecular weight excluding hydrogens is 452 g/mol. The van der Waals surface area contributed by atoms with E-state index in [0.29, 0.717) is 24.3 Å². The van der Waals surface area contributed by atoms with Crippen molar-refractivity contribution in [1.82, 2.24) is 4.90 Å². The summed E-state index contributed by atoms with van der Waals surface area (Å²) in [5.74, 6) is -2.22. The average molecular weight is 487 g/mol. The molecule has 1 spiro atoms. The number of anilines is 1. The number of methoxy groups -OCH3 is 1. The number of likely N-dealkylation sites (tertiary alicyclic amines) is 1. The summed E-state index contributed by atoms with van der Waals surface area (Å²) < 4.78 is 17.1. The zero-order valence-corrected chi connectivity index (χ0v) is 20.7. The summed E-state index contributed by atoms with van der Waals surface area (Å²) in [6.45, 7) is 9.09. The smallest absolute Gasteiger partial charge is 0.312 e. The number of benzene rings is 1. The summed E-state index contributed by atoms with van der Waals surface area (Å²) >= 11 is 0. The van der Waals surface area contributed by atoms with Crippen LogP contribution < -0.4 is 9.64 Å². The first-order valence-corrected chi connectivity index (χ1v) is 12.0. The standard InChI is InChI=1S/C26H34N2O7/c1-6-14-27(17-8-10-18(33-5)11-9-17)23(31)21-26-13-12-25(4,35-26)20(24(32)34-7-2)19(26)22(30)28(21)16(3)15-29/h6,8-11,16,19-21,29H,1,7,12-15H2,2-5H3/t16-,19+,20-,21?,25+,26?/m1/s1. The zero-order valence-electron chi connectivity index (χ0n) is 20.7. The monoisotopic (exact) mass is 486 g/mol. The number of amides is 2. The molecule has 190 valence electrons. The van der Waals surface area contributed by atoms with Crippen molar-refractivity contribution in [2.75, 3.05) is 31.8 Å². The highest BCUT2D eigenvalue weighted by Gasteiger charge is 2.78. The fourth-order valence-electron chi connectivity index (χ4n) is 6.16. The van der Waals surface area contributed by atoms with Gasteiger partial charge in [0.15, 0.2) is 0 Å². The third-order valence-electron chi connectivity index (χ3n) is 7.69. The van der Waals surface area contributed by atoms with Crippen LogP contribution >= 0.6 is 0 Å². The molecule has 3 aliphatic rings. The lowest BCUT2D eigenvalue weighted by Crippen LogP contribution is -2.58. The Balaban J connectivity index is 1.80. The number of fused-ring (bicyclic) bond motifs is 1. The third-order valence-corrected chi connectivity index (χ3v) is 7.69. The molecule has 3 aliphatic heterocycles. The number of esters is 1. The van der Waals surface area contributed by atoms with Gasteiger partial charge in [0, 0.05) is 12.2 Å².